The van der Waals surface area contributed by atoms with Crippen LogP contribution in [0.5, 0.6) is 5.75 Å². The summed E-state index contributed by atoms with van der Waals surface area (Å²) in [5, 5.41) is 13.7. The van der Waals surface area contributed by atoms with E-state index in [1.54, 1.807) is 6.92 Å². The molecule has 1 amide bonds. The number of nitrogens with zero attached hydrogens (tertiary/aromatic N) is 1. The predicted molar refractivity (Wildman–Crippen MR) is 88.2 cm³/mol. The van der Waals surface area contributed by atoms with Crippen molar-refractivity contribution in [2.45, 2.75) is 58.4 Å². The van der Waals surface area contributed by atoms with Gasteiger partial charge in [0, 0.05) is 24.7 Å². The van der Waals surface area contributed by atoms with Gasteiger partial charge < -0.3 is 10.4 Å². The molecule has 1 saturated heterocycles. The van der Waals surface area contributed by atoms with Gasteiger partial charge in [0.05, 0.1) is 0 Å². The first-order chi connectivity index (χ1) is 10.6. The largest absolute Gasteiger partial charge is 0.507 e. The molecule has 1 aliphatic heterocycles. The van der Waals surface area contributed by atoms with E-state index in [2.05, 4.69) is 10.2 Å². The monoisotopic (exact) mass is 302 g/mol. The molecule has 120 valence electrons. The average molecular weight is 302 g/mol. The normalized spacial score (nSPS) is 18.8. The van der Waals surface area contributed by atoms with Crippen LogP contribution >= 0.6 is 0 Å². The van der Waals surface area contributed by atoms with Crippen molar-refractivity contribution >= 4 is 11.6 Å². The summed E-state index contributed by atoms with van der Waals surface area (Å²) < 4.78 is 0. The highest BCUT2D eigenvalue weighted by molar-refractivity contribution is 5.90. The van der Waals surface area contributed by atoms with Crippen LogP contribution in [0.3, 0.4) is 0 Å². The molecule has 0 unspecified atom stereocenters. The van der Waals surface area contributed by atoms with Gasteiger partial charge in [0.2, 0.25) is 5.91 Å². The fourth-order valence-corrected chi connectivity index (χ4v) is 3.77. The number of carbonyl (C=O) groups excluding carboxylic acids is 1. The van der Waals surface area contributed by atoms with Crippen molar-refractivity contribution in [2.75, 3.05) is 18.4 Å². The fraction of sp³-hybridized carbons (Fsp3) is 0.611. The molecule has 4 nitrogen and oxygen atoms in total. The molecule has 2 N–H and O–H groups in total. The van der Waals surface area contributed by atoms with Crippen LogP contribution in [-0.2, 0) is 24.2 Å². The lowest BCUT2D eigenvalue weighted by Gasteiger charge is -2.29. The van der Waals surface area contributed by atoms with Crippen molar-refractivity contribution in [2.24, 2.45) is 0 Å². The minimum absolute atomic E-state index is 0.0395. The molecule has 0 saturated carbocycles. The quantitative estimate of drug-likeness (QED) is 0.843. The number of phenolic OH excluding ortho intramolecular Hbond substituents is 1. The highest BCUT2D eigenvalue weighted by atomic mass is 16.3. The Bertz CT molecular complexity index is 563. The smallest absolute Gasteiger partial charge is 0.221 e. The molecule has 0 spiro atoms. The summed E-state index contributed by atoms with van der Waals surface area (Å²) in [5.41, 5.74) is 4.07. The number of likely N-dealkylation sites (tertiary alicyclic amines) is 1. The van der Waals surface area contributed by atoms with Crippen molar-refractivity contribution in [3.8, 4) is 5.75 Å². The molecular formula is C18H26N2O2. The number of nitrogens with one attached hydrogen (secondary N) is 1. The van der Waals surface area contributed by atoms with Gasteiger partial charge in [0.25, 0.3) is 0 Å². The first-order valence-electron chi connectivity index (χ1n) is 8.51. The maximum absolute atomic E-state index is 11.5. The number of fused-ring (bicyclic) bond motifs is 1. The highest BCUT2D eigenvalue weighted by Gasteiger charge is 2.22. The number of amides is 1. The van der Waals surface area contributed by atoms with Gasteiger partial charge in [-0.2, -0.15) is 0 Å². The van der Waals surface area contributed by atoms with Crippen LogP contribution in [0.1, 0.15) is 55.7 Å². The van der Waals surface area contributed by atoms with Crippen LogP contribution in [0.2, 0.25) is 0 Å². The van der Waals surface area contributed by atoms with E-state index in [-0.39, 0.29) is 5.91 Å². The third-order valence-electron chi connectivity index (χ3n) is 4.85. The van der Waals surface area contributed by atoms with Crippen molar-refractivity contribution in [3.63, 3.8) is 0 Å². The zero-order chi connectivity index (χ0) is 15.5. The fourth-order valence-electron chi connectivity index (χ4n) is 3.77. The van der Waals surface area contributed by atoms with Crippen LogP contribution in [0.4, 0.5) is 5.69 Å². The molecule has 1 fully saturated rings. The lowest BCUT2D eigenvalue weighted by molar-refractivity contribution is -0.114. The van der Waals surface area contributed by atoms with E-state index in [0.29, 0.717) is 5.75 Å². The Morgan fingerprint density at radius 3 is 2.50 bits per heavy atom. The molecule has 0 atom stereocenters. The molecule has 0 bridgehead atoms. The standard InChI is InChI=1S/C18H26N2O2/c1-13(21)19-17-11-14(12-20-9-5-2-6-10-20)18(22)16-8-4-3-7-15(16)17/h11,22H,2-10,12H2,1H3,(H,19,21). The third kappa shape index (κ3) is 3.27. The SMILES string of the molecule is CC(=O)Nc1cc(CN2CCCCC2)c(O)c2c1CCCC2. The van der Waals surface area contributed by atoms with E-state index >= 15 is 0 Å². The number of rotatable bonds is 3. The summed E-state index contributed by atoms with van der Waals surface area (Å²) in [6.45, 7) is 4.54. The summed E-state index contributed by atoms with van der Waals surface area (Å²) in [6.07, 6.45) is 7.90. The Labute approximate surface area is 132 Å². The maximum atomic E-state index is 11.5. The van der Waals surface area contributed by atoms with Gasteiger partial charge in [-0.3, -0.25) is 9.69 Å². The number of aromatic hydroxyl groups is 1. The second kappa shape index (κ2) is 6.69. The minimum Gasteiger partial charge on any atom is -0.507 e. The summed E-state index contributed by atoms with van der Waals surface area (Å²) in [7, 11) is 0. The Balaban J connectivity index is 1.92. The molecular weight excluding hydrogens is 276 g/mol. The molecule has 2 aliphatic rings. The number of hydrogen-bond donors (Lipinski definition) is 2. The van der Waals surface area contributed by atoms with E-state index in [4.69, 9.17) is 0 Å². The topological polar surface area (TPSA) is 52.6 Å². The van der Waals surface area contributed by atoms with Crippen LogP contribution < -0.4 is 5.32 Å². The lowest BCUT2D eigenvalue weighted by atomic mass is 9.87. The van der Waals surface area contributed by atoms with Crippen LogP contribution in [0.15, 0.2) is 6.07 Å². The number of benzene rings is 1. The van der Waals surface area contributed by atoms with Gasteiger partial charge >= 0.3 is 0 Å². The zero-order valence-corrected chi connectivity index (χ0v) is 13.5. The van der Waals surface area contributed by atoms with E-state index in [1.165, 1.54) is 19.3 Å². The highest BCUT2D eigenvalue weighted by Crippen LogP contribution is 2.38. The lowest BCUT2D eigenvalue weighted by Crippen LogP contribution is -2.29. The molecule has 1 heterocycles. The number of anilines is 1. The van der Waals surface area contributed by atoms with Crippen molar-refractivity contribution in [3.05, 3.63) is 22.8 Å². The summed E-state index contributed by atoms with van der Waals surface area (Å²) >= 11 is 0. The van der Waals surface area contributed by atoms with Crippen molar-refractivity contribution in [1.82, 2.24) is 4.90 Å². The Morgan fingerprint density at radius 2 is 1.82 bits per heavy atom. The number of carbonyl (C=O) groups is 1. The Hall–Kier alpha value is -1.55. The van der Waals surface area contributed by atoms with Gasteiger partial charge in [-0.15, -0.1) is 0 Å². The van der Waals surface area contributed by atoms with E-state index in [1.807, 2.05) is 6.07 Å². The van der Waals surface area contributed by atoms with Gasteiger partial charge in [-0.05, 0) is 68.8 Å². The predicted octanol–water partition coefficient (Wildman–Crippen LogP) is 3.22. The van der Waals surface area contributed by atoms with Crippen LogP contribution in [-0.4, -0.2) is 29.0 Å². The van der Waals surface area contributed by atoms with Gasteiger partial charge in [-0.1, -0.05) is 6.42 Å². The van der Waals surface area contributed by atoms with Gasteiger partial charge in [-0.25, -0.2) is 0 Å². The number of hydrogen-bond acceptors (Lipinski definition) is 3. The number of piperidine rings is 1. The molecule has 1 aliphatic carbocycles. The van der Waals surface area contributed by atoms with Crippen molar-refractivity contribution in [1.29, 1.82) is 0 Å². The molecule has 3 rings (SSSR count). The molecule has 4 heteroatoms. The molecule has 0 aromatic heterocycles. The van der Waals surface area contributed by atoms with E-state index in [9.17, 15) is 9.90 Å². The van der Waals surface area contributed by atoms with Gasteiger partial charge in [0.1, 0.15) is 5.75 Å². The Kier molecular flexibility index (Phi) is 4.67. The summed E-state index contributed by atoms with van der Waals surface area (Å²) in [6, 6.07) is 2.00. The molecule has 1 aromatic rings. The van der Waals surface area contributed by atoms with E-state index < -0.39 is 0 Å². The number of phenols is 1. The Morgan fingerprint density at radius 1 is 1.14 bits per heavy atom. The molecule has 22 heavy (non-hydrogen) atoms. The second-order valence-corrected chi connectivity index (χ2v) is 6.61. The molecule has 0 radical (unpaired) electrons. The van der Waals surface area contributed by atoms with Crippen LogP contribution in [0.25, 0.3) is 0 Å². The first-order valence-corrected chi connectivity index (χ1v) is 8.51. The van der Waals surface area contributed by atoms with Crippen LogP contribution in [0, 0.1) is 0 Å². The first kappa shape index (κ1) is 15.3. The summed E-state index contributed by atoms with van der Waals surface area (Å²) in [5.74, 6) is 0.428. The van der Waals surface area contributed by atoms with E-state index in [0.717, 1.165) is 67.7 Å². The maximum Gasteiger partial charge on any atom is 0.221 e. The van der Waals surface area contributed by atoms with Crippen molar-refractivity contribution < 1.29 is 9.90 Å². The molecule has 1 aromatic carbocycles. The summed E-state index contributed by atoms with van der Waals surface area (Å²) in [4.78, 5) is 13.9. The second-order valence-electron chi connectivity index (χ2n) is 6.61. The zero-order valence-electron chi connectivity index (χ0n) is 13.5. The van der Waals surface area contributed by atoms with Gasteiger partial charge in [0.15, 0.2) is 0 Å². The third-order valence-corrected chi connectivity index (χ3v) is 4.85. The minimum atomic E-state index is -0.0395. The average Bonchev–Trinajstić information content (AvgIpc) is 2.52.